The van der Waals surface area contributed by atoms with Gasteiger partial charge in [-0.1, -0.05) is 0 Å². The Balaban J connectivity index is 2.04. The van der Waals surface area contributed by atoms with E-state index in [1.165, 1.54) is 4.90 Å². The van der Waals surface area contributed by atoms with Gasteiger partial charge in [0.25, 0.3) is 0 Å². The number of ether oxygens (including phenoxy) is 2. The molecule has 2 aliphatic rings. The van der Waals surface area contributed by atoms with Gasteiger partial charge in [-0.2, -0.15) is 0 Å². The first kappa shape index (κ1) is 8.15. The zero-order chi connectivity index (χ0) is 9.42. The zero-order valence-corrected chi connectivity index (χ0v) is 6.80. The Morgan fingerprint density at radius 1 is 1.62 bits per heavy atom. The third-order valence-electron chi connectivity index (χ3n) is 2.22. The number of piperidine rings is 1. The highest BCUT2D eigenvalue weighted by atomic mass is 16.7. The molecule has 2 atom stereocenters. The second-order valence-electron chi connectivity index (χ2n) is 3.07. The summed E-state index contributed by atoms with van der Waals surface area (Å²) in [5.74, 6) is 0. The van der Waals surface area contributed by atoms with E-state index in [1.54, 1.807) is 0 Å². The molecule has 2 aliphatic heterocycles. The van der Waals surface area contributed by atoms with Crippen LogP contribution in [-0.4, -0.2) is 41.1 Å². The van der Waals surface area contributed by atoms with E-state index >= 15 is 0 Å². The van der Waals surface area contributed by atoms with E-state index in [2.05, 4.69) is 4.74 Å². The molecule has 0 aliphatic carbocycles. The smallest absolute Gasteiger partial charge is 0.450 e. The van der Waals surface area contributed by atoms with E-state index in [0.29, 0.717) is 19.4 Å². The van der Waals surface area contributed by atoms with Gasteiger partial charge in [0.2, 0.25) is 0 Å². The van der Waals surface area contributed by atoms with Crippen molar-refractivity contribution in [2.45, 2.75) is 25.2 Å². The molecule has 6 nitrogen and oxygen atoms in total. The number of nitrogens with zero attached hydrogens (tertiary/aromatic N) is 1. The van der Waals surface area contributed by atoms with Crippen molar-refractivity contribution < 1.29 is 24.2 Å². The Morgan fingerprint density at radius 3 is 3.08 bits per heavy atom. The van der Waals surface area contributed by atoms with Crippen molar-refractivity contribution in [2.24, 2.45) is 0 Å². The molecule has 13 heavy (non-hydrogen) atoms. The standard InChI is InChI=1S/C7H9NO5/c9-6-8-3-4(12-6)1-2-5(8)13-7(10)11/h4-5H,1-3H2,(H,10,11)/t4-,5?/m1/s1. The largest absolute Gasteiger partial charge is 0.507 e. The molecule has 0 radical (unpaired) electrons. The van der Waals surface area contributed by atoms with Crippen LogP contribution in [0.3, 0.4) is 0 Å². The highest BCUT2D eigenvalue weighted by Gasteiger charge is 2.42. The van der Waals surface area contributed by atoms with Gasteiger partial charge in [0, 0.05) is 6.42 Å². The summed E-state index contributed by atoms with van der Waals surface area (Å²) in [6.07, 6.45) is -1.40. The van der Waals surface area contributed by atoms with Crippen LogP contribution in [0, 0.1) is 0 Å². The number of rotatable bonds is 1. The minimum Gasteiger partial charge on any atom is -0.450 e. The van der Waals surface area contributed by atoms with Gasteiger partial charge in [-0.3, -0.25) is 4.90 Å². The van der Waals surface area contributed by atoms with Gasteiger partial charge in [0.05, 0.1) is 6.54 Å². The quantitative estimate of drug-likeness (QED) is 0.609. The van der Waals surface area contributed by atoms with E-state index < -0.39 is 18.5 Å². The molecule has 2 bridgehead atoms. The van der Waals surface area contributed by atoms with Crippen molar-refractivity contribution in [3.05, 3.63) is 0 Å². The first-order valence-electron chi connectivity index (χ1n) is 4.03. The minimum atomic E-state index is -1.36. The zero-order valence-electron chi connectivity index (χ0n) is 6.80. The van der Waals surface area contributed by atoms with Crippen molar-refractivity contribution in [2.75, 3.05) is 6.54 Å². The Morgan fingerprint density at radius 2 is 2.38 bits per heavy atom. The second kappa shape index (κ2) is 2.79. The number of amides is 1. The molecule has 6 heteroatoms. The second-order valence-corrected chi connectivity index (χ2v) is 3.07. The van der Waals surface area contributed by atoms with Crippen LogP contribution in [0.1, 0.15) is 12.8 Å². The molecule has 2 heterocycles. The Hall–Kier alpha value is -1.46. The van der Waals surface area contributed by atoms with Gasteiger partial charge in [0.15, 0.2) is 6.23 Å². The van der Waals surface area contributed by atoms with Crippen molar-refractivity contribution >= 4 is 12.2 Å². The number of hydrogen-bond acceptors (Lipinski definition) is 4. The molecule has 72 valence electrons. The molecule has 1 N–H and O–H groups in total. The van der Waals surface area contributed by atoms with Crippen molar-refractivity contribution in [3.8, 4) is 0 Å². The predicted molar refractivity (Wildman–Crippen MR) is 39.1 cm³/mol. The van der Waals surface area contributed by atoms with Crippen molar-refractivity contribution in [3.63, 3.8) is 0 Å². The van der Waals surface area contributed by atoms with Crippen LogP contribution in [0.5, 0.6) is 0 Å². The number of hydrogen-bond donors (Lipinski definition) is 1. The fraction of sp³-hybridized carbons (Fsp3) is 0.714. The summed E-state index contributed by atoms with van der Waals surface area (Å²) in [4.78, 5) is 22.6. The molecular formula is C7H9NO5. The fourth-order valence-electron chi connectivity index (χ4n) is 1.65. The maximum Gasteiger partial charge on any atom is 0.507 e. The summed E-state index contributed by atoms with van der Waals surface area (Å²) >= 11 is 0. The summed E-state index contributed by atoms with van der Waals surface area (Å²) in [6.45, 7) is 0.441. The maximum atomic E-state index is 11.1. The maximum absolute atomic E-state index is 11.1. The normalized spacial score (nSPS) is 31.4. The molecule has 2 saturated heterocycles. The van der Waals surface area contributed by atoms with Crippen LogP contribution in [0.4, 0.5) is 9.59 Å². The Bertz CT molecular complexity index is 253. The average Bonchev–Trinajstić information content (AvgIpc) is 2.34. The van der Waals surface area contributed by atoms with Crippen LogP contribution in [0.25, 0.3) is 0 Å². The van der Waals surface area contributed by atoms with Crippen LogP contribution >= 0.6 is 0 Å². The Labute approximate surface area is 74.0 Å². The van der Waals surface area contributed by atoms with Gasteiger partial charge >= 0.3 is 12.2 Å². The van der Waals surface area contributed by atoms with Gasteiger partial charge < -0.3 is 14.6 Å². The molecular weight excluding hydrogens is 178 g/mol. The third kappa shape index (κ3) is 1.39. The average molecular weight is 187 g/mol. The van der Waals surface area contributed by atoms with Gasteiger partial charge in [-0.15, -0.1) is 0 Å². The summed E-state index contributed by atoms with van der Waals surface area (Å²) < 4.78 is 9.44. The topological polar surface area (TPSA) is 76.1 Å². The molecule has 1 amide bonds. The van der Waals surface area contributed by atoms with Gasteiger partial charge in [-0.05, 0) is 6.42 Å². The molecule has 1 unspecified atom stereocenters. The molecule has 0 spiro atoms. The molecule has 0 aromatic carbocycles. The van der Waals surface area contributed by atoms with E-state index in [-0.39, 0.29) is 6.10 Å². The molecule has 2 rings (SSSR count). The summed E-state index contributed by atoms with van der Waals surface area (Å²) in [5, 5.41) is 8.38. The van der Waals surface area contributed by atoms with Crippen LogP contribution in [0.2, 0.25) is 0 Å². The highest BCUT2D eigenvalue weighted by Crippen LogP contribution is 2.27. The monoisotopic (exact) mass is 187 g/mol. The van der Waals surface area contributed by atoms with E-state index in [9.17, 15) is 9.59 Å². The predicted octanol–water partition coefficient (Wildman–Crippen LogP) is 0.622. The molecule has 0 aromatic rings. The van der Waals surface area contributed by atoms with Crippen LogP contribution < -0.4 is 0 Å². The molecule has 0 saturated carbocycles. The highest BCUT2D eigenvalue weighted by molar-refractivity contribution is 5.71. The van der Waals surface area contributed by atoms with E-state index in [1.807, 2.05) is 0 Å². The minimum absolute atomic E-state index is 0.0823. The van der Waals surface area contributed by atoms with E-state index in [4.69, 9.17) is 9.84 Å². The Kier molecular flexibility index (Phi) is 1.75. The summed E-state index contributed by atoms with van der Waals surface area (Å²) in [5.41, 5.74) is 0. The summed E-state index contributed by atoms with van der Waals surface area (Å²) in [6, 6.07) is 0. The number of carbonyl (C=O) groups excluding carboxylic acids is 1. The van der Waals surface area contributed by atoms with Crippen molar-refractivity contribution in [1.82, 2.24) is 4.90 Å². The number of carboxylic acid groups (broad SMARTS) is 1. The SMILES string of the molecule is O=C(O)OC1CC[C@@H]2CN1C(=O)O2. The van der Waals surface area contributed by atoms with Gasteiger partial charge in [0.1, 0.15) is 6.10 Å². The molecule has 2 fully saturated rings. The number of fused-ring (bicyclic) bond motifs is 2. The lowest BCUT2D eigenvalue weighted by Crippen LogP contribution is -2.42. The summed E-state index contributed by atoms with van der Waals surface area (Å²) in [7, 11) is 0. The first-order valence-corrected chi connectivity index (χ1v) is 4.03. The lowest BCUT2D eigenvalue weighted by Gasteiger charge is -2.27. The van der Waals surface area contributed by atoms with E-state index in [0.717, 1.165) is 0 Å². The van der Waals surface area contributed by atoms with Gasteiger partial charge in [-0.25, -0.2) is 9.59 Å². The first-order chi connectivity index (χ1) is 6.16. The molecule has 0 aromatic heterocycles. The third-order valence-corrected chi connectivity index (χ3v) is 2.22. The fourth-order valence-corrected chi connectivity index (χ4v) is 1.65. The van der Waals surface area contributed by atoms with Crippen LogP contribution in [0.15, 0.2) is 0 Å². The lowest BCUT2D eigenvalue weighted by atomic mass is 10.1. The van der Waals surface area contributed by atoms with Crippen LogP contribution in [-0.2, 0) is 9.47 Å². The number of carbonyl (C=O) groups is 2. The lowest BCUT2D eigenvalue weighted by molar-refractivity contribution is -0.0251. The van der Waals surface area contributed by atoms with Crippen molar-refractivity contribution in [1.29, 1.82) is 0 Å².